The molecule has 0 saturated carbocycles. The van der Waals surface area contributed by atoms with Gasteiger partial charge in [-0.05, 0) is 50.5 Å². The van der Waals surface area contributed by atoms with Crippen LogP contribution in [0.3, 0.4) is 0 Å². The van der Waals surface area contributed by atoms with Crippen LogP contribution in [0.1, 0.15) is 54.8 Å². The Morgan fingerprint density at radius 2 is 1.08 bits per heavy atom. The molecule has 0 aliphatic heterocycles. The van der Waals surface area contributed by atoms with E-state index in [1.54, 1.807) is 0 Å². The maximum Gasteiger partial charge on any atom is 0.338 e. The Bertz CT molecular complexity index is 864. The molecule has 0 saturated heterocycles. The van der Waals surface area contributed by atoms with E-state index < -0.39 is 67.6 Å². The Hall–Kier alpha value is -3.06. The molecule has 0 heterocycles. The normalized spacial score (nSPS) is 14.5. The summed E-state index contributed by atoms with van der Waals surface area (Å²) in [6.45, 7) is 5.47. The van der Waals surface area contributed by atoms with Gasteiger partial charge in [0.25, 0.3) is 0 Å². The molecule has 12 heteroatoms. The average Bonchev–Trinajstić information content (AvgIpc) is 2.82. The standard InChI is InChI=1S/C24H34O12/c1-13(2)9-17(25)10-33-21(29)15-5-7-16(8-6-15)22(30)34-11-18(26)12-35-23(31)19(27)20(28)24(32)36-14(3)4/h5-8,13-14,17-20,25-28H,9-12H2,1-4H3. The Morgan fingerprint density at radius 1 is 0.667 bits per heavy atom. The fraction of sp³-hybridized carbons (Fsp3) is 0.583. The second-order valence-corrected chi connectivity index (χ2v) is 8.72. The van der Waals surface area contributed by atoms with E-state index in [-0.39, 0.29) is 23.7 Å². The quantitative estimate of drug-likeness (QED) is 0.192. The molecular formula is C24H34O12. The summed E-state index contributed by atoms with van der Waals surface area (Å²) in [5, 5.41) is 38.9. The molecule has 1 aromatic carbocycles. The summed E-state index contributed by atoms with van der Waals surface area (Å²) in [5.41, 5.74) is 0.228. The van der Waals surface area contributed by atoms with E-state index in [2.05, 4.69) is 9.47 Å². The third kappa shape index (κ3) is 11.1. The van der Waals surface area contributed by atoms with Crippen molar-refractivity contribution in [3.05, 3.63) is 35.4 Å². The first kappa shape index (κ1) is 31.0. The molecule has 0 radical (unpaired) electrons. The molecule has 0 aromatic heterocycles. The second-order valence-electron chi connectivity index (χ2n) is 8.72. The van der Waals surface area contributed by atoms with Crippen LogP contribution in [0.5, 0.6) is 0 Å². The molecule has 4 unspecified atom stereocenters. The summed E-state index contributed by atoms with van der Waals surface area (Å²) in [4.78, 5) is 47.4. The zero-order valence-electron chi connectivity index (χ0n) is 20.7. The third-order valence-electron chi connectivity index (χ3n) is 4.47. The molecule has 202 valence electrons. The van der Waals surface area contributed by atoms with Crippen LogP contribution in [-0.4, -0.2) is 94.6 Å². The van der Waals surface area contributed by atoms with E-state index in [9.17, 15) is 39.6 Å². The zero-order chi connectivity index (χ0) is 27.4. The number of esters is 4. The Labute approximate surface area is 208 Å². The number of benzene rings is 1. The van der Waals surface area contributed by atoms with Gasteiger partial charge in [0.15, 0.2) is 12.2 Å². The molecule has 36 heavy (non-hydrogen) atoms. The fourth-order valence-electron chi connectivity index (χ4n) is 2.74. The number of carbonyl (C=O) groups is 4. The number of hydrogen-bond donors (Lipinski definition) is 4. The number of hydrogen-bond acceptors (Lipinski definition) is 12. The van der Waals surface area contributed by atoms with Crippen LogP contribution in [0.25, 0.3) is 0 Å². The number of carbonyl (C=O) groups excluding carboxylic acids is 4. The van der Waals surface area contributed by atoms with Crippen LogP contribution >= 0.6 is 0 Å². The molecule has 0 amide bonds. The largest absolute Gasteiger partial charge is 0.461 e. The molecule has 4 N–H and O–H groups in total. The molecule has 0 aliphatic rings. The van der Waals surface area contributed by atoms with Crippen molar-refractivity contribution in [2.75, 3.05) is 19.8 Å². The van der Waals surface area contributed by atoms with Crippen LogP contribution in [0.4, 0.5) is 0 Å². The molecule has 12 nitrogen and oxygen atoms in total. The van der Waals surface area contributed by atoms with Crippen molar-refractivity contribution in [1.82, 2.24) is 0 Å². The van der Waals surface area contributed by atoms with E-state index in [1.165, 1.54) is 38.1 Å². The maximum absolute atomic E-state index is 12.1. The summed E-state index contributed by atoms with van der Waals surface area (Å²) < 4.78 is 19.2. The lowest BCUT2D eigenvalue weighted by Crippen LogP contribution is -2.43. The molecule has 0 bridgehead atoms. The van der Waals surface area contributed by atoms with Gasteiger partial charge in [0.2, 0.25) is 0 Å². The van der Waals surface area contributed by atoms with Gasteiger partial charge in [-0.3, -0.25) is 0 Å². The topological polar surface area (TPSA) is 186 Å². The molecule has 0 fully saturated rings. The van der Waals surface area contributed by atoms with E-state index in [0.29, 0.717) is 6.42 Å². The van der Waals surface area contributed by atoms with Crippen molar-refractivity contribution in [3.8, 4) is 0 Å². The predicted molar refractivity (Wildman–Crippen MR) is 123 cm³/mol. The lowest BCUT2D eigenvalue weighted by Gasteiger charge is -2.18. The van der Waals surface area contributed by atoms with Gasteiger partial charge < -0.3 is 39.4 Å². The highest BCUT2D eigenvalue weighted by molar-refractivity contribution is 5.93. The van der Waals surface area contributed by atoms with E-state index >= 15 is 0 Å². The number of ether oxygens (including phenoxy) is 4. The van der Waals surface area contributed by atoms with Crippen molar-refractivity contribution in [3.63, 3.8) is 0 Å². The van der Waals surface area contributed by atoms with Gasteiger partial charge >= 0.3 is 23.9 Å². The van der Waals surface area contributed by atoms with Gasteiger partial charge in [0.05, 0.1) is 23.3 Å². The average molecular weight is 515 g/mol. The van der Waals surface area contributed by atoms with Gasteiger partial charge in [0.1, 0.15) is 25.9 Å². The van der Waals surface area contributed by atoms with Crippen LogP contribution in [0, 0.1) is 5.92 Å². The minimum absolute atomic E-state index is 0.0674. The van der Waals surface area contributed by atoms with Crippen LogP contribution in [-0.2, 0) is 28.5 Å². The van der Waals surface area contributed by atoms with E-state index in [1.807, 2.05) is 13.8 Å². The lowest BCUT2D eigenvalue weighted by molar-refractivity contribution is -0.176. The first-order chi connectivity index (χ1) is 16.8. The SMILES string of the molecule is CC(C)CC(O)COC(=O)c1ccc(C(=O)OCC(O)COC(=O)C(O)C(O)C(=O)OC(C)C)cc1. The smallest absolute Gasteiger partial charge is 0.338 e. The number of aliphatic hydroxyl groups excluding tert-OH is 4. The highest BCUT2D eigenvalue weighted by Gasteiger charge is 2.33. The molecule has 0 spiro atoms. The van der Waals surface area contributed by atoms with Crippen molar-refractivity contribution in [1.29, 1.82) is 0 Å². The predicted octanol–water partition coefficient (Wildman–Crippen LogP) is -0.0153. The van der Waals surface area contributed by atoms with E-state index in [4.69, 9.17) is 9.47 Å². The Kier molecular flexibility index (Phi) is 13.0. The van der Waals surface area contributed by atoms with Gasteiger partial charge in [-0.25, -0.2) is 19.2 Å². The zero-order valence-corrected chi connectivity index (χ0v) is 20.7. The Balaban J connectivity index is 2.45. The van der Waals surface area contributed by atoms with Gasteiger partial charge in [-0.15, -0.1) is 0 Å². The molecule has 4 atom stereocenters. The van der Waals surface area contributed by atoms with Crippen molar-refractivity contribution in [2.24, 2.45) is 5.92 Å². The highest BCUT2D eigenvalue weighted by atomic mass is 16.6. The highest BCUT2D eigenvalue weighted by Crippen LogP contribution is 2.10. The number of rotatable bonds is 14. The lowest BCUT2D eigenvalue weighted by atomic mass is 10.1. The second kappa shape index (κ2) is 15.1. The summed E-state index contributed by atoms with van der Waals surface area (Å²) in [6, 6.07) is 5.29. The van der Waals surface area contributed by atoms with Crippen LogP contribution < -0.4 is 0 Å². The first-order valence-electron chi connectivity index (χ1n) is 11.4. The minimum Gasteiger partial charge on any atom is -0.461 e. The van der Waals surface area contributed by atoms with Crippen LogP contribution in [0.2, 0.25) is 0 Å². The summed E-state index contributed by atoms with van der Waals surface area (Å²) in [6.07, 6.45) is -6.72. The van der Waals surface area contributed by atoms with E-state index in [0.717, 1.165) is 0 Å². The van der Waals surface area contributed by atoms with Crippen molar-refractivity contribution >= 4 is 23.9 Å². The molecule has 1 aromatic rings. The summed E-state index contributed by atoms with van der Waals surface area (Å²) in [7, 11) is 0. The maximum atomic E-state index is 12.1. The minimum atomic E-state index is -2.23. The third-order valence-corrected chi connectivity index (χ3v) is 4.47. The first-order valence-corrected chi connectivity index (χ1v) is 11.4. The van der Waals surface area contributed by atoms with Gasteiger partial charge in [-0.2, -0.15) is 0 Å². The summed E-state index contributed by atoms with van der Waals surface area (Å²) >= 11 is 0. The van der Waals surface area contributed by atoms with Gasteiger partial charge in [-0.1, -0.05) is 13.8 Å². The monoisotopic (exact) mass is 514 g/mol. The van der Waals surface area contributed by atoms with Gasteiger partial charge in [0, 0.05) is 0 Å². The van der Waals surface area contributed by atoms with Crippen LogP contribution in [0.15, 0.2) is 24.3 Å². The van der Waals surface area contributed by atoms with Crippen molar-refractivity contribution in [2.45, 2.75) is 64.6 Å². The fourth-order valence-corrected chi connectivity index (χ4v) is 2.74. The molecule has 1 rings (SSSR count). The summed E-state index contributed by atoms with van der Waals surface area (Å²) in [5.74, 6) is -3.85. The Morgan fingerprint density at radius 3 is 1.53 bits per heavy atom. The molecule has 0 aliphatic carbocycles. The number of aliphatic hydroxyl groups is 4. The molecular weight excluding hydrogens is 480 g/mol. The van der Waals surface area contributed by atoms with Crippen molar-refractivity contribution < 1.29 is 58.6 Å².